The molecule has 1 unspecified atom stereocenters. The third-order valence-corrected chi connectivity index (χ3v) is 4.85. The van der Waals surface area contributed by atoms with Crippen LogP contribution in [-0.2, 0) is 6.61 Å². The summed E-state index contributed by atoms with van der Waals surface area (Å²) in [6, 6.07) is 4.87. The lowest BCUT2D eigenvalue weighted by atomic mass is 10.1. The number of aromatic nitrogens is 3. The van der Waals surface area contributed by atoms with Crippen LogP contribution in [0.3, 0.4) is 0 Å². The highest BCUT2D eigenvalue weighted by Gasteiger charge is 2.46. The fraction of sp³-hybridized carbons (Fsp3) is 0.316. The summed E-state index contributed by atoms with van der Waals surface area (Å²) in [5.41, 5.74) is 0.293. The second kappa shape index (κ2) is 7.47. The molecule has 2 aromatic heterocycles. The first-order valence-electron chi connectivity index (χ1n) is 9.01. The van der Waals surface area contributed by atoms with Gasteiger partial charge in [-0.1, -0.05) is 5.16 Å². The number of nitrogens with zero attached hydrogens (tertiary/aromatic N) is 4. The Morgan fingerprint density at radius 1 is 1.27 bits per heavy atom. The first-order valence-corrected chi connectivity index (χ1v) is 9.01. The lowest BCUT2D eigenvalue weighted by molar-refractivity contribution is -0.172. The highest BCUT2D eigenvalue weighted by atomic mass is 19.4. The molecule has 30 heavy (non-hydrogen) atoms. The van der Waals surface area contributed by atoms with E-state index >= 15 is 0 Å². The Morgan fingerprint density at radius 2 is 2.00 bits per heavy atom. The maximum absolute atomic E-state index is 13.3. The molecule has 0 N–H and O–H groups in total. The number of halogens is 4. The maximum atomic E-state index is 13.3. The number of anilines is 1. The van der Waals surface area contributed by atoms with Crippen molar-refractivity contribution in [3.63, 3.8) is 0 Å². The van der Waals surface area contributed by atoms with Gasteiger partial charge < -0.3 is 9.26 Å². The molecule has 1 atom stereocenters. The van der Waals surface area contributed by atoms with Crippen molar-refractivity contribution in [1.82, 2.24) is 14.9 Å². The van der Waals surface area contributed by atoms with Gasteiger partial charge in [0.15, 0.2) is 11.7 Å². The summed E-state index contributed by atoms with van der Waals surface area (Å²) in [4.78, 5) is 14.3. The van der Waals surface area contributed by atoms with E-state index in [9.17, 15) is 22.4 Å². The molecular formula is C19H16F4N4O3. The number of rotatable bonds is 4. The lowest BCUT2D eigenvalue weighted by Crippen LogP contribution is -2.43. The third kappa shape index (κ3) is 3.62. The molecule has 0 spiro atoms. The minimum Gasteiger partial charge on any atom is -0.489 e. The number of aryl methyl sites for hydroxylation is 1. The topological polar surface area (TPSA) is 73.4 Å². The smallest absolute Gasteiger partial charge is 0.410 e. The molecule has 0 saturated carbocycles. The number of benzene rings is 1. The second-order valence-corrected chi connectivity index (χ2v) is 6.75. The average molecular weight is 424 g/mol. The van der Waals surface area contributed by atoms with Gasteiger partial charge in [-0.3, -0.25) is 9.69 Å². The third-order valence-electron chi connectivity index (χ3n) is 4.85. The molecule has 1 aliphatic rings. The highest BCUT2D eigenvalue weighted by molar-refractivity contribution is 6.05. The van der Waals surface area contributed by atoms with Crippen molar-refractivity contribution >= 4 is 11.7 Å². The van der Waals surface area contributed by atoms with Crippen molar-refractivity contribution < 1.29 is 31.6 Å². The summed E-state index contributed by atoms with van der Waals surface area (Å²) >= 11 is 0. The predicted octanol–water partition coefficient (Wildman–Crippen LogP) is 4.05. The van der Waals surface area contributed by atoms with Crippen LogP contribution in [0.5, 0.6) is 5.75 Å². The van der Waals surface area contributed by atoms with Gasteiger partial charge in [0, 0.05) is 12.6 Å². The normalized spacial score (nSPS) is 16.4. The molecule has 11 heteroatoms. The van der Waals surface area contributed by atoms with Crippen molar-refractivity contribution in [2.75, 3.05) is 11.4 Å². The predicted molar refractivity (Wildman–Crippen MR) is 95.6 cm³/mol. The molecule has 0 bridgehead atoms. The first-order chi connectivity index (χ1) is 14.3. The number of carbonyl (C=O) groups excluding carboxylic acids is 1. The van der Waals surface area contributed by atoms with Gasteiger partial charge >= 0.3 is 6.18 Å². The molecule has 1 amide bonds. The van der Waals surface area contributed by atoms with E-state index in [0.29, 0.717) is 17.1 Å². The van der Waals surface area contributed by atoms with Gasteiger partial charge in [-0.05, 0) is 37.6 Å². The molecule has 0 radical (unpaired) electrons. The molecule has 3 heterocycles. The lowest BCUT2D eigenvalue weighted by Gasteiger charge is -2.33. The monoisotopic (exact) mass is 424 g/mol. The zero-order chi connectivity index (χ0) is 21.5. The van der Waals surface area contributed by atoms with Crippen LogP contribution in [0.25, 0.3) is 0 Å². The molecule has 0 aliphatic carbocycles. The van der Waals surface area contributed by atoms with Crippen LogP contribution in [0.2, 0.25) is 0 Å². The fourth-order valence-corrected chi connectivity index (χ4v) is 3.30. The number of fused-ring (bicyclic) bond motifs is 1. The summed E-state index contributed by atoms with van der Waals surface area (Å²) in [6.45, 7) is 1.35. The highest BCUT2D eigenvalue weighted by Crippen LogP contribution is 2.39. The number of hydrogen-bond donors (Lipinski definition) is 0. The number of alkyl halides is 3. The van der Waals surface area contributed by atoms with E-state index in [0.717, 1.165) is 4.68 Å². The number of amides is 1. The van der Waals surface area contributed by atoms with Crippen LogP contribution in [-0.4, -0.2) is 33.6 Å². The van der Waals surface area contributed by atoms with Gasteiger partial charge in [0.2, 0.25) is 0 Å². The van der Waals surface area contributed by atoms with Crippen LogP contribution in [0.15, 0.2) is 41.1 Å². The van der Waals surface area contributed by atoms with E-state index in [2.05, 4.69) is 10.3 Å². The molecule has 4 rings (SSSR count). The molecule has 158 valence electrons. The van der Waals surface area contributed by atoms with Gasteiger partial charge in [0.25, 0.3) is 5.91 Å². The van der Waals surface area contributed by atoms with Crippen LogP contribution in [0.1, 0.15) is 34.3 Å². The van der Waals surface area contributed by atoms with E-state index < -0.39 is 23.9 Å². The minimum absolute atomic E-state index is 0.0274. The van der Waals surface area contributed by atoms with E-state index in [-0.39, 0.29) is 31.1 Å². The quantitative estimate of drug-likeness (QED) is 0.591. The van der Waals surface area contributed by atoms with Crippen LogP contribution in [0.4, 0.5) is 23.4 Å². The second-order valence-electron chi connectivity index (χ2n) is 6.75. The zero-order valence-electron chi connectivity index (χ0n) is 15.7. The molecular weight excluding hydrogens is 408 g/mol. The Kier molecular flexibility index (Phi) is 4.96. The summed E-state index contributed by atoms with van der Waals surface area (Å²) in [7, 11) is 0. The average Bonchev–Trinajstić information content (AvgIpc) is 3.32. The summed E-state index contributed by atoms with van der Waals surface area (Å²) < 4.78 is 64.3. The molecule has 0 fully saturated rings. The Balaban J connectivity index is 1.58. The van der Waals surface area contributed by atoms with E-state index in [4.69, 9.17) is 9.26 Å². The largest absolute Gasteiger partial charge is 0.489 e. The Labute approximate surface area is 167 Å². The van der Waals surface area contributed by atoms with Crippen molar-refractivity contribution in [2.24, 2.45) is 0 Å². The SMILES string of the molecule is Cc1onc(C(=O)N2CCC(C(F)(F)F)n3nccc32)c1COc1ccc(F)cc1. The zero-order valence-corrected chi connectivity index (χ0v) is 15.7. The molecule has 1 aromatic carbocycles. The summed E-state index contributed by atoms with van der Waals surface area (Å²) in [5.74, 6) is -0.302. The van der Waals surface area contributed by atoms with Gasteiger partial charge in [-0.15, -0.1) is 0 Å². The van der Waals surface area contributed by atoms with Gasteiger partial charge in [0.1, 0.15) is 29.8 Å². The van der Waals surface area contributed by atoms with E-state index in [1.165, 1.54) is 41.4 Å². The molecule has 7 nitrogen and oxygen atoms in total. The maximum Gasteiger partial charge on any atom is 0.410 e. The number of ether oxygens (including phenoxy) is 1. The molecule has 3 aromatic rings. The number of hydrogen-bond acceptors (Lipinski definition) is 5. The van der Waals surface area contributed by atoms with E-state index in [1.807, 2.05) is 0 Å². The number of carbonyl (C=O) groups is 1. The van der Waals surface area contributed by atoms with Crippen molar-refractivity contribution in [2.45, 2.75) is 32.2 Å². The standard InChI is InChI=1S/C19H16F4N4O3/c1-11-14(10-29-13-4-2-12(20)3-5-13)17(25-30-11)18(28)26-9-7-15(19(21,22)23)27-16(26)6-8-24-27/h2-6,8,15H,7,9-10H2,1H3. The molecule has 0 saturated heterocycles. The van der Waals surface area contributed by atoms with Crippen molar-refractivity contribution in [1.29, 1.82) is 0 Å². The van der Waals surface area contributed by atoms with Crippen LogP contribution < -0.4 is 9.64 Å². The summed E-state index contributed by atoms with van der Waals surface area (Å²) in [5, 5.41) is 7.53. The van der Waals surface area contributed by atoms with Gasteiger partial charge in [0.05, 0.1) is 11.8 Å². The van der Waals surface area contributed by atoms with Crippen molar-refractivity contribution in [3.05, 3.63) is 59.4 Å². The van der Waals surface area contributed by atoms with Crippen LogP contribution in [0, 0.1) is 12.7 Å². The first kappa shape index (κ1) is 19.9. The Morgan fingerprint density at radius 3 is 2.70 bits per heavy atom. The Bertz CT molecular complexity index is 1060. The van der Waals surface area contributed by atoms with E-state index in [1.54, 1.807) is 6.92 Å². The van der Waals surface area contributed by atoms with Gasteiger partial charge in [-0.2, -0.15) is 18.3 Å². The van der Waals surface area contributed by atoms with Crippen molar-refractivity contribution in [3.8, 4) is 5.75 Å². The Hall–Kier alpha value is -3.37. The summed E-state index contributed by atoms with van der Waals surface area (Å²) in [6.07, 6.45) is -3.59. The molecule has 1 aliphatic heterocycles. The van der Waals surface area contributed by atoms with Gasteiger partial charge in [-0.25, -0.2) is 9.07 Å². The minimum atomic E-state index is -4.48. The van der Waals surface area contributed by atoms with Crippen LogP contribution >= 0.6 is 0 Å². The fourth-order valence-electron chi connectivity index (χ4n) is 3.30.